The molecule has 0 aliphatic rings. The van der Waals surface area contributed by atoms with E-state index in [0.717, 1.165) is 31.1 Å². The summed E-state index contributed by atoms with van der Waals surface area (Å²) >= 11 is 8.40. The monoisotopic (exact) mass is 522 g/mol. The summed E-state index contributed by atoms with van der Waals surface area (Å²) in [6.45, 7) is 2.19. The molecule has 0 radical (unpaired) electrons. The van der Waals surface area contributed by atoms with Crippen LogP contribution in [0.3, 0.4) is 0 Å². The average Bonchev–Trinajstić information content (AvgIpc) is 3.05. The van der Waals surface area contributed by atoms with Crippen LogP contribution in [-0.2, 0) is 11.2 Å². The molecule has 0 spiro atoms. The molecule has 1 N–H and O–H groups in total. The number of unbranched alkanes of at least 4 members (excludes halogenated alkanes) is 1. The zero-order chi connectivity index (χ0) is 20.1. The molecule has 0 aliphatic carbocycles. The van der Waals surface area contributed by atoms with Crippen LogP contribution >= 0.6 is 43.2 Å². The highest BCUT2D eigenvalue weighted by atomic mass is 79.9. The van der Waals surface area contributed by atoms with E-state index in [9.17, 15) is 4.79 Å². The highest BCUT2D eigenvalue weighted by Gasteiger charge is 2.09. The van der Waals surface area contributed by atoms with Crippen molar-refractivity contribution in [2.24, 2.45) is 0 Å². The number of hydrogen-bond donors (Lipinski definition) is 1. The van der Waals surface area contributed by atoms with E-state index in [1.54, 1.807) is 13.2 Å². The Morgan fingerprint density at radius 1 is 1.29 bits per heavy atom. The molecule has 0 aliphatic heterocycles. The number of halogens is 2. The Labute approximate surface area is 185 Å². The van der Waals surface area contributed by atoms with E-state index in [1.165, 1.54) is 35.8 Å². The molecule has 7 heteroatoms. The van der Waals surface area contributed by atoms with E-state index in [4.69, 9.17) is 4.74 Å². The number of aryl methyl sites for hydroxylation is 1. The van der Waals surface area contributed by atoms with Crippen LogP contribution in [0.1, 0.15) is 30.9 Å². The van der Waals surface area contributed by atoms with E-state index < -0.39 is 0 Å². The summed E-state index contributed by atoms with van der Waals surface area (Å²) in [5.41, 5.74) is 3.01. The second-order valence-corrected chi connectivity index (χ2v) is 9.06. The van der Waals surface area contributed by atoms with Gasteiger partial charge in [0.05, 0.1) is 21.8 Å². The lowest BCUT2D eigenvalue weighted by Crippen LogP contribution is -2.07. The van der Waals surface area contributed by atoms with Crippen molar-refractivity contribution in [1.82, 2.24) is 4.98 Å². The third-order valence-corrected chi connectivity index (χ3v) is 6.14. The van der Waals surface area contributed by atoms with Gasteiger partial charge in [0.25, 0.3) is 0 Å². The van der Waals surface area contributed by atoms with Gasteiger partial charge in [0, 0.05) is 16.1 Å². The molecule has 0 saturated heterocycles. The van der Waals surface area contributed by atoms with Crippen molar-refractivity contribution < 1.29 is 9.53 Å². The minimum atomic E-state index is -0.233. The number of fused-ring (bicyclic) bond motifs is 1. The Morgan fingerprint density at radius 2 is 2.11 bits per heavy atom. The van der Waals surface area contributed by atoms with Crippen molar-refractivity contribution in [2.45, 2.75) is 26.2 Å². The van der Waals surface area contributed by atoms with E-state index in [-0.39, 0.29) is 5.91 Å². The Bertz CT molecular complexity index is 1030. The summed E-state index contributed by atoms with van der Waals surface area (Å²) in [5.74, 6) is 0.440. The molecule has 1 heterocycles. The smallest absolute Gasteiger partial charge is 0.250 e. The zero-order valence-electron chi connectivity index (χ0n) is 15.6. The maximum Gasteiger partial charge on any atom is 0.250 e. The van der Waals surface area contributed by atoms with Crippen LogP contribution in [0.4, 0.5) is 5.13 Å². The molecule has 0 fully saturated rings. The van der Waals surface area contributed by atoms with Gasteiger partial charge in [-0.05, 0) is 64.7 Å². The largest absolute Gasteiger partial charge is 0.495 e. The molecule has 0 atom stereocenters. The van der Waals surface area contributed by atoms with Gasteiger partial charge in [0.1, 0.15) is 5.75 Å². The Hall–Kier alpha value is -1.70. The number of hydrogen-bond acceptors (Lipinski definition) is 4. The van der Waals surface area contributed by atoms with Gasteiger partial charge < -0.3 is 4.74 Å². The van der Waals surface area contributed by atoms with Crippen LogP contribution in [0.15, 0.2) is 45.4 Å². The molecule has 0 bridgehead atoms. The molecule has 2 aromatic carbocycles. The number of methoxy groups -OCH3 is 1. The Morgan fingerprint density at radius 3 is 2.86 bits per heavy atom. The number of carbonyl (C=O) groups excluding carboxylic acids is 1. The van der Waals surface area contributed by atoms with Crippen LogP contribution in [0, 0.1) is 0 Å². The topological polar surface area (TPSA) is 51.2 Å². The standard InChI is InChI=1S/C21H20Br2N2O2S/c1-3-4-5-13-6-8-17-18(10-13)28-21(24-17)25-19(26)9-7-14-11-15(22)12-16(23)20(14)27-2/h6-12H,3-5H2,1-2H3,(H,24,25,26). The summed E-state index contributed by atoms with van der Waals surface area (Å²) in [4.78, 5) is 16.8. The summed E-state index contributed by atoms with van der Waals surface area (Å²) in [6.07, 6.45) is 6.62. The van der Waals surface area contributed by atoms with E-state index in [1.807, 2.05) is 18.2 Å². The van der Waals surface area contributed by atoms with Gasteiger partial charge in [-0.2, -0.15) is 0 Å². The summed E-state index contributed by atoms with van der Waals surface area (Å²) in [7, 11) is 1.60. The summed E-state index contributed by atoms with van der Waals surface area (Å²) in [5, 5.41) is 3.45. The first kappa shape index (κ1) is 21.0. The fourth-order valence-corrected chi connectivity index (χ4v) is 5.14. The number of benzene rings is 2. The molecule has 3 rings (SSSR count). The first-order valence-corrected chi connectivity index (χ1v) is 11.3. The van der Waals surface area contributed by atoms with Crippen LogP contribution in [0.5, 0.6) is 5.75 Å². The number of aromatic nitrogens is 1. The fourth-order valence-electron chi connectivity index (χ4n) is 2.79. The van der Waals surface area contributed by atoms with Gasteiger partial charge >= 0.3 is 0 Å². The molecule has 28 heavy (non-hydrogen) atoms. The number of carbonyl (C=O) groups is 1. The van der Waals surface area contributed by atoms with Gasteiger partial charge in [-0.1, -0.05) is 46.7 Å². The van der Waals surface area contributed by atoms with Crippen molar-refractivity contribution in [3.05, 3.63) is 56.5 Å². The minimum absolute atomic E-state index is 0.233. The normalized spacial score (nSPS) is 11.3. The number of rotatable bonds is 7. The molecule has 3 aromatic rings. The Kier molecular flexibility index (Phi) is 7.26. The number of nitrogens with one attached hydrogen (secondary N) is 1. The summed E-state index contributed by atoms with van der Waals surface area (Å²) in [6, 6.07) is 10.1. The molecular weight excluding hydrogens is 504 g/mol. The summed E-state index contributed by atoms with van der Waals surface area (Å²) < 4.78 is 8.20. The Balaban J connectivity index is 1.73. The molecule has 0 saturated carbocycles. The SMILES string of the molecule is CCCCc1ccc2nc(NC(=O)C=Cc3cc(Br)cc(Br)c3OC)sc2c1. The van der Waals surface area contributed by atoms with Gasteiger partial charge in [-0.3, -0.25) is 10.1 Å². The van der Waals surface area contributed by atoms with Gasteiger partial charge in [-0.15, -0.1) is 0 Å². The van der Waals surface area contributed by atoms with Crippen molar-refractivity contribution in [3.8, 4) is 5.75 Å². The molecule has 4 nitrogen and oxygen atoms in total. The number of amides is 1. The second kappa shape index (κ2) is 9.67. The van der Waals surface area contributed by atoms with Crippen LogP contribution < -0.4 is 10.1 Å². The molecule has 146 valence electrons. The number of ether oxygens (including phenoxy) is 1. The van der Waals surface area contributed by atoms with E-state index in [0.29, 0.717) is 10.9 Å². The van der Waals surface area contributed by atoms with Crippen molar-refractivity contribution in [2.75, 3.05) is 12.4 Å². The van der Waals surface area contributed by atoms with E-state index >= 15 is 0 Å². The van der Waals surface area contributed by atoms with Crippen LogP contribution in [-0.4, -0.2) is 18.0 Å². The highest BCUT2D eigenvalue weighted by molar-refractivity contribution is 9.11. The van der Waals surface area contributed by atoms with Crippen molar-refractivity contribution in [3.63, 3.8) is 0 Å². The second-order valence-electron chi connectivity index (χ2n) is 6.26. The molecular formula is C21H20Br2N2O2S. The molecule has 0 unspecified atom stereocenters. The fraction of sp³-hybridized carbons (Fsp3) is 0.238. The quantitative estimate of drug-likeness (QED) is 0.345. The third-order valence-electron chi connectivity index (χ3n) is 4.16. The predicted octanol–water partition coefficient (Wildman–Crippen LogP) is 6.82. The van der Waals surface area contributed by atoms with Gasteiger partial charge in [0.2, 0.25) is 5.91 Å². The number of thiazole rings is 1. The van der Waals surface area contributed by atoms with Crippen LogP contribution in [0.25, 0.3) is 16.3 Å². The minimum Gasteiger partial charge on any atom is -0.495 e. The lowest BCUT2D eigenvalue weighted by Gasteiger charge is -2.08. The average molecular weight is 524 g/mol. The first-order chi connectivity index (χ1) is 13.5. The predicted molar refractivity (Wildman–Crippen MR) is 124 cm³/mol. The van der Waals surface area contributed by atoms with Crippen LogP contribution in [0.2, 0.25) is 0 Å². The molecule has 1 aromatic heterocycles. The highest BCUT2D eigenvalue weighted by Crippen LogP contribution is 2.33. The first-order valence-electron chi connectivity index (χ1n) is 8.91. The third kappa shape index (κ3) is 5.21. The number of anilines is 1. The van der Waals surface area contributed by atoms with E-state index in [2.05, 4.69) is 61.2 Å². The zero-order valence-corrected chi connectivity index (χ0v) is 19.6. The maximum atomic E-state index is 12.3. The lowest BCUT2D eigenvalue weighted by atomic mass is 10.1. The molecule has 1 amide bonds. The lowest BCUT2D eigenvalue weighted by molar-refractivity contribution is -0.111. The van der Waals surface area contributed by atoms with Crippen molar-refractivity contribution >= 4 is 70.5 Å². The maximum absolute atomic E-state index is 12.3. The van der Waals surface area contributed by atoms with Gasteiger partial charge in [0.15, 0.2) is 5.13 Å². The number of nitrogens with zero attached hydrogens (tertiary/aromatic N) is 1. The van der Waals surface area contributed by atoms with Gasteiger partial charge in [-0.25, -0.2) is 4.98 Å². The van der Waals surface area contributed by atoms with Crippen molar-refractivity contribution in [1.29, 1.82) is 0 Å².